The van der Waals surface area contributed by atoms with Gasteiger partial charge in [0.25, 0.3) is 0 Å². The van der Waals surface area contributed by atoms with Crippen LogP contribution in [0, 0.1) is 0 Å². The minimum Gasteiger partial charge on any atom is -0.508 e. The summed E-state index contributed by atoms with van der Waals surface area (Å²) in [5.41, 5.74) is 0.699. The van der Waals surface area contributed by atoms with Gasteiger partial charge < -0.3 is 15.2 Å². The Labute approximate surface area is 124 Å². The second-order valence-electron chi connectivity index (χ2n) is 4.64. The Balaban J connectivity index is 2.60. The molecule has 0 radical (unpaired) electrons. The van der Waals surface area contributed by atoms with Crippen LogP contribution in [0.2, 0.25) is 5.02 Å². The van der Waals surface area contributed by atoms with Gasteiger partial charge in [-0.1, -0.05) is 11.6 Å². The van der Waals surface area contributed by atoms with Crippen LogP contribution in [0.1, 0.15) is 18.5 Å². The third-order valence-electron chi connectivity index (χ3n) is 3.12. The smallest absolute Gasteiger partial charge is 0.234 e. The van der Waals surface area contributed by atoms with Crippen molar-refractivity contribution in [2.24, 2.45) is 0 Å². The molecular formula is C14H21ClN2O3. The fourth-order valence-corrected chi connectivity index (χ4v) is 1.99. The number of likely N-dealkylation sites (N-methyl/N-ethyl adjacent to an activating group) is 1. The molecule has 0 bridgehead atoms. The molecule has 0 aliphatic heterocycles. The van der Waals surface area contributed by atoms with Gasteiger partial charge in [0.1, 0.15) is 5.75 Å². The molecule has 0 heterocycles. The highest BCUT2D eigenvalue weighted by molar-refractivity contribution is 6.30. The molecule has 1 unspecified atom stereocenters. The maximum Gasteiger partial charge on any atom is 0.234 e. The van der Waals surface area contributed by atoms with Gasteiger partial charge in [-0.05, 0) is 32.2 Å². The monoisotopic (exact) mass is 300 g/mol. The Morgan fingerprint density at radius 2 is 2.25 bits per heavy atom. The number of ether oxygens (including phenoxy) is 1. The van der Waals surface area contributed by atoms with Crippen molar-refractivity contribution in [3.63, 3.8) is 0 Å². The molecule has 112 valence electrons. The summed E-state index contributed by atoms with van der Waals surface area (Å²) >= 11 is 5.93. The van der Waals surface area contributed by atoms with Crippen molar-refractivity contribution in [2.45, 2.75) is 13.0 Å². The molecule has 20 heavy (non-hydrogen) atoms. The normalized spacial score (nSPS) is 12.4. The molecule has 6 heteroatoms. The number of methoxy groups -OCH3 is 1. The van der Waals surface area contributed by atoms with Crippen LogP contribution in [0.25, 0.3) is 0 Å². The quantitative estimate of drug-likeness (QED) is 0.754. The van der Waals surface area contributed by atoms with E-state index in [-0.39, 0.29) is 24.2 Å². The zero-order valence-electron chi connectivity index (χ0n) is 12.0. The minimum atomic E-state index is -0.123. The van der Waals surface area contributed by atoms with E-state index in [2.05, 4.69) is 5.32 Å². The topological polar surface area (TPSA) is 61.8 Å². The number of halogens is 1. The van der Waals surface area contributed by atoms with Gasteiger partial charge in [-0.3, -0.25) is 9.69 Å². The molecular weight excluding hydrogens is 280 g/mol. The Bertz CT molecular complexity index is 454. The number of benzene rings is 1. The summed E-state index contributed by atoms with van der Waals surface area (Å²) in [5.74, 6) is 0.0893. The van der Waals surface area contributed by atoms with Crippen molar-refractivity contribution in [1.29, 1.82) is 0 Å². The average Bonchev–Trinajstić information content (AvgIpc) is 2.41. The van der Waals surface area contributed by atoms with E-state index in [1.807, 2.05) is 18.9 Å². The average molecular weight is 301 g/mol. The molecule has 0 aromatic heterocycles. The number of phenolic OH excluding ortho intramolecular Hbond substituents is 1. The molecule has 1 atom stereocenters. The van der Waals surface area contributed by atoms with Crippen molar-refractivity contribution >= 4 is 17.5 Å². The fourth-order valence-electron chi connectivity index (χ4n) is 1.81. The molecule has 1 aromatic rings. The number of nitrogens with one attached hydrogen (secondary N) is 1. The van der Waals surface area contributed by atoms with Crippen LogP contribution < -0.4 is 5.32 Å². The van der Waals surface area contributed by atoms with E-state index < -0.39 is 0 Å². The van der Waals surface area contributed by atoms with Crippen molar-refractivity contribution in [1.82, 2.24) is 10.2 Å². The highest BCUT2D eigenvalue weighted by Crippen LogP contribution is 2.29. The van der Waals surface area contributed by atoms with E-state index in [1.165, 1.54) is 0 Å². The molecule has 5 nitrogen and oxygen atoms in total. The molecule has 0 aliphatic rings. The molecule has 0 aliphatic carbocycles. The molecule has 2 N–H and O–H groups in total. The van der Waals surface area contributed by atoms with Crippen molar-refractivity contribution in [3.05, 3.63) is 28.8 Å². The first-order valence-electron chi connectivity index (χ1n) is 6.40. The van der Waals surface area contributed by atoms with E-state index in [4.69, 9.17) is 16.3 Å². The molecule has 1 amide bonds. The Morgan fingerprint density at radius 3 is 2.90 bits per heavy atom. The van der Waals surface area contributed by atoms with Crippen molar-refractivity contribution in [3.8, 4) is 5.75 Å². The van der Waals surface area contributed by atoms with Gasteiger partial charge in [-0.15, -0.1) is 0 Å². The largest absolute Gasteiger partial charge is 0.508 e. The summed E-state index contributed by atoms with van der Waals surface area (Å²) in [4.78, 5) is 13.6. The van der Waals surface area contributed by atoms with Gasteiger partial charge in [0.15, 0.2) is 0 Å². The standard InChI is InChI=1S/C14H21ClN2O3/c1-10(12-8-11(15)4-5-13(12)18)17(2)9-14(19)16-6-7-20-3/h4-5,8,10,18H,6-7,9H2,1-3H3,(H,16,19). The predicted octanol–water partition coefficient (Wildman–Crippen LogP) is 1.80. The number of aromatic hydroxyl groups is 1. The summed E-state index contributed by atoms with van der Waals surface area (Å²) in [6.07, 6.45) is 0. The number of carbonyl (C=O) groups excluding carboxylic acids is 1. The minimum absolute atomic E-state index is 0.0853. The molecule has 0 spiro atoms. The Hall–Kier alpha value is -1.30. The zero-order valence-corrected chi connectivity index (χ0v) is 12.8. The number of hydrogen-bond donors (Lipinski definition) is 2. The van der Waals surface area contributed by atoms with Gasteiger partial charge in [0.2, 0.25) is 5.91 Å². The van der Waals surface area contributed by atoms with Gasteiger partial charge in [0.05, 0.1) is 13.2 Å². The van der Waals surface area contributed by atoms with Gasteiger partial charge in [-0.2, -0.15) is 0 Å². The highest BCUT2D eigenvalue weighted by Gasteiger charge is 2.17. The third kappa shape index (κ3) is 5.00. The second kappa shape index (κ2) is 8.09. The van der Waals surface area contributed by atoms with E-state index in [0.29, 0.717) is 23.7 Å². The van der Waals surface area contributed by atoms with E-state index in [0.717, 1.165) is 0 Å². The van der Waals surface area contributed by atoms with Crippen LogP contribution in [0.5, 0.6) is 5.75 Å². The summed E-state index contributed by atoms with van der Waals surface area (Å²) in [5, 5.41) is 13.2. The van der Waals surface area contributed by atoms with Crippen molar-refractivity contribution < 1.29 is 14.6 Å². The molecule has 0 saturated heterocycles. The van der Waals surface area contributed by atoms with Crippen LogP contribution in [-0.2, 0) is 9.53 Å². The molecule has 0 fully saturated rings. The van der Waals surface area contributed by atoms with Gasteiger partial charge >= 0.3 is 0 Å². The summed E-state index contributed by atoms with van der Waals surface area (Å²) in [6, 6.07) is 4.77. The van der Waals surface area contributed by atoms with Crippen LogP contribution in [0.15, 0.2) is 18.2 Å². The summed E-state index contributed by atoms with van der Waals surface area (Å²) in [6.45, 7) is 3.12. The van der Waals surface area contributed by atoms with E-state index in [9.17, 15) is 9.90 Å². The number of phenols is 1. The summed E-state index contributed by atoms with van der Waals surface area (Å²) < 4.78 is 4.87. The van der Waals surface area contributed by atoms with E-state index >= 15 is 0 Å². The lowest BCUT2D eigenvalue weighted by Crippen LogP contribution is -2.37. The zero-order chi connectivity index (χ0) is 15.1. The summed E-state index contributed by atoms with van der Waals surface area (Å²) in [7, 11) is 3.41. The molecule has 0 saturated carbocycles. The number of hydrogen-bond acceptors (Lipinski definition) is 4. The first-order valence-corrected chi connectivity index (χ1v) is 6.77. The van der Waals surface area contributed by atoms with Gasteiger partial charge in [-0.25, -0.2) is 0 Å². The Kier molecular flexibility index (Phi) is 6.78. The van der Waals surface area contributed by atoms with Crippen LogP contribution in [0.3, 0.4) is 0 Å². The number of amides is 1. The predicted molar refractivity (Wildman–Crippen MR) is 79.0 cm³/mol. The van der Waals surface area contributed by atoms with E-state index in [1.54, 1.807) is 25.3 Å². The highest BCUT2D eigenvalue weighted by atomic mass is 35.5. The molecule has 1 aromatic carbocycles. The lowest BCUT2D eigenvalue weighted by molar-refractivity contribution is -0.122. The van der Waals surface area contributed by atoms with Crippen molar-refractivity contribution in [2.75, 3.05) is 33.9 Å². The lowest BCUT2D eigenvalue weighted by atomic mass is 10.1. The van der Waals surface area contributed by atoms with Crippen LogP contribution in [-0.4, -0.2) is 49.8 Å². The first kappa shape index (κ1) is 16.8. The second-order valence-corrected chi connectivity index (χ2v) is 5.07. The number of carbonyl (C=O) groups is 1. The fraction of sp³-hybridized carbons (Fsp3) is 0.500. The maximum atomic E-state index is 11.7. The number of nitrogens with zero attached hydrogens (tertiary/aromatic N) is 1. The first-order chi connectivity index (χ1) is 9.45. The third-order valence-corrected chi connectivity index (χ3v) is 3.36. The number of rotatable bonds is 7. The lowest BCUT2D eigenvalue weighted by Gasteiger charge is -2.25. The van der Waals surface area contributed by atoms with Crippen LogP contribution in [0.4, 0.5) is 0 Å². The molecule has 1 rings (SSSR count). The SMILES string of the molecule is COCCNC(=O)CN(C)C(C)c1cc(Cl)ccc1O. The Morgan fingerprint density at radius 1 is 1.55 bits per heavy atom. The maximum absolute atomic E-state index is 11.7. The van der Waals surface area contributed by atoms with Gasteiger partial charge in [0, 0.05) is 30.3 Å². The van der Waals surface area contributed by atoms with Crippen LogP contribution >= 0.6 is 11.6 Å².